The van der Waals surface area contributed by atoms with Crippen LogP contribution in [0.5, 0.6) is 0 Å². The smallest absolute Gasteiger partial charge is 0.340 e. The predicted molar refractivity (Wildman–Crippen MR) is 75.9 cm³/mol. The summed E-state index contributed by atoms with van der Waals surface area (Å²) in [6, 6.07) is 3.24. The summed E-state index contributed by atoms with van der Waals surface area (Å²) in [6.45, 7) is 1.60. The monoisotopic (exact) mass is 316 g/mol. The van der Waals surface area contributed by atoms with E-state index in [4.69, 9.17) is 16.7 Å². The molecule has 0 unspecified atom stereocenters. The lowest BCUT2D eigenvalue weighted by Crippen LogP contribution is -2.26. The molecule has 0 atom stereocenters. The zero-order valence-corrected chi connectivity index (χ0v) is 12.4. The Kier molecular flexibility index (Phi) is 3.88. The second kappa shape index (κ2) is 5.28. The highest BCUT2D eigenvalue weighted by molar-refractivity contribution is 7.18. The SMILES string of the molecule is Cc1nsc(N(C)C(=O)c2ccc(Cl)s2)c1C(=O)O. The van der Waals surface area contributed by atoms with E-state index in [0.717, 1.165) is 22.9 Å². The molecule has 0 saturated heterocycles. The molecule has 0 aliphatic heterocycles. The lowest BCUT2D eigenvalue weighted by atomic mass is 10.2. The van der Waals surface area contributed by atoms with Crippen LogP contribution in [0, 0.1) is 6.92 Å². The van der Waals surface area contributed by atoms with E-state index in [1.807, 2.05) is 0 Å². The van der Waals surface area contributed by atoms with Gasteiger partial charge < -0.3 is 10.0 Å². The van der Waals surface area contributed by atoms with Gasteiger partial charge in [0.05, 0.1) is 14.9 Å². The molecule has 19 heavy (non-hydrogen) atoms. The average molecular weight is 317 g/mol. The van der Waals surface area contributed by atoms with Gasteiger partial charge in [-0.05, 0) is 30.6 Å². The van der Waals surface area contributed by atoms with Crippen LogP contribution >= 0.6 is 34.5 Å². The van der Waals surface area contributed by atoms with Crippen molar-refractivity contribution >= 4 is 51.3 Å². The van der Waals surface area contributed by atoms with Gasteiger partial charge in [-0.2, -0.15) is 4.37 Å². The first-order valence-electron chi connectivity index (χ1n) is 5.14. The van der Waals surface area contributed by atoms with Crippen molar-refractivity contribution in [1.82, 2.24) is 4.37 Å². The van der Waals surface area contributed by atoms with E-state index >= 15 is 0 Å². The highest BCUT2D eigenvalue weighted by Crippen LogP contribution is 2.30. The number of carbonyl (C=O) groups excluding carboxylic acids is 1. The van der Waals surface area contributed by atoms with Crippen LogP contribution in [-0.2, 0) is 0 Å². The lowest BCUT2D eigenvalue weighted by Gasteiger charge is -2.14. The van der Waals surface area contributed by atoms with Crippen molar-refractivity contribution in [3.8, 4) is 0 Å². The summed E-state index contributed by atoms with van der Waals surface area (Å²) in [5.74, 6) is -1.40. The van der Waals surface area contributed by atoms with E-state index in [1.165, 1.54) is 11.9 Å². The Labute approximate surface area is 122 Å². The van der Waals surface area contributed by atoms with Crippen LogP contribution in [0.15, 0.2) is 12.1 Å². The second-order valence-corrected chi connectivity index (χ2v) is 6.19. The topological polar surface area (TPSA) is 70.5 Å². The van der Waals surface area contributed by atoms with Crippen LogP contribution in [0.1, 0.15) is 25.7 Å². The molecule has 2 aromatic rings. The summed E-state index contributed by atoms with van der Waals surface area (Å²) < 4.78 is 4.49. The molecule has 100 valence electrons. The van der Waals surface area contributed by atoms with Gasteiger partial charge >= 0.3 is 5.97 Å². The summed E-state index contributed by atoms with van der Waals surface area (Å²) in [4.78, 5) is 25.1. The number of thiophene rings is 1. The second-order valence-electron chi connectivity index (χ2n) is 3.72. The fraction of sp³-hybridized carbons (Fsp3) is 0.182. The summed E-state index contributed by atoms with van der Waals surface area (Å²) in [5.41, 5.74) is 0.458. The maximum atomic E-state index is 12.2. The molecule has 0 aliphatic carbocycles. The van der Waals surface area contributed by atoms with Crippen LogP contribution in [0.2, 0.25) is 4.34 Å². The molecule has 8 heteroatoms. The van der Waals surface area contributed by atoms with Crippen molar-refractivity contribution < 1.29 is 14.7 Å². The van der Waals surface area contributed by atoms with Crippen LogP contribution in [-0.4, -0.2) is 28.4 Å². The van der Waals surface area contributed by atoms with Crippen molar-refractivity contribution in [2.45, 2.75) is 6.92 Å². The van der Waals surface area contributed by atoms with E-state index in [9.17, 15) is 9.59 Å². The lowest BCUT2D eigenvalue weighted by molar-refractivity contribution is 0.0697. The number of carboxylic acids is 1. The Balaban J connectivity index is 2.37. The number of aromatic nitrogens is 1. The molecule has 1 N–H and O–H groups in total. The van der Waals surface area contributed by atoms with Crippen LogP contribution < -0.4 is 4.90 Å². The molecule has 0 radical (unpaired) electrons. The average Bonchev–Trinajstić information content (AvgIpc) is 2.93. The number of hydrogen-bond donors (Lipinski definition) is 1. The third-order valence-electron chi connectivity index (χ3n) is 2.45. The third-order valence-corrected chi connectivity index (χ3v) is 4.69. The molecule has 0 fully saturated rings. The summed E-state index contributed by atoms with van der Waals surface area (Å²) >= 11 is 7.92. The summed E-state index contributed by atoms with van der Waals surface area (Å²) in [5, 5.41) is 9.47. The van der Waals surface area contributed by atoms with E-state index < -0.39 is 5.97 Å². The maximum Gasteiger partial charge on any atom is 0.340 e. The van der Waals surface area contributed by atoms with Crippen molar-refractivity contribution in [3.05, 3.63) is 32.6 Å². The van der Waals surface area contributed by atoms with Crippen molar-refractivity contribution in [3.63, 3.8) is 0 Å². The van der Waals surface area contributed by atoms with Crippen LogP contribution in [0.25, 0.3) is 0 Å². The van der Waals surface area contributed by atoms with Gasteiger partial charge in [0.15, 0.2) is 0 Å². The molecular weight excluding hydrogens is 308 g/mol. The molecule has 0 aromatic carbocycles. The number of amides is 1. The van der Waals surface area contributed by atoms with E-state index in [1.54, 1.807) is 19.1 Å². The van der Waals surface area contributed by atoms with Gasteiger partial charge in [-0.1, -0.05) is 11.6 Å². The number of carbonyl (C=O) groups is 2. The largest absolute Gasteiger partial charge is 0.478 e. The van der Waals surface area contributed by atoms with Crippen LogP contribution in [0.3, 0.4) is 0 Å². The summed E-state index contributed by atoms with van der Waals surface area (Å²) in [7, 11) is 1.52. The fourth-order valence-corrected chi connectivity index (χ4v) is 3.38. The van der Waals surface area contributed by atoms with Gasteiger partial charge in [0.25, 0.3) is 5.91 Å². The van der Waals surface area contributed by atoms with Crippen molar-refractivity contribution in [2.75, 3.05) is 11.9 Å². The minimum Gasteiger partial charge on any atom is -0.478 e. The van der Waals surface area contributed by atoms with Gasteiger partial charge in [-0.3, -0.25) is 4.79 Å². The predicted octanol–water partition coefficient (Wildman–Crippen LogP) is 3.14. The number of halogens is 1. The van der Waals surface area contributed by atoms with Gasteiger partial charge in [-0.25, -0.2) is 4.79 Å². The standard InChI is InChI=1S/C11H9ClN2O3S2/c1-5-8(11(16)17)10(19-13-5)14(2)9(15)6-3-4-7(12)18-6/h3-4H,1-2H3,(H,16,17). The van der Waals surface area contributed by atoms with Crippen molar-refractivity contribution in [2.24, 2.45) is 0 Å². The molecule has 2 aromatic heterocycles. The Hall–Kier alpha value is -1.44. The quantitative estimate of drug-likeness (QED) is 0.944. The molecule has 1 amide bonds. The summed E-state index contributed by atoms with van der Waals surface area (Å²) in [6.07, 6.45) is 0. The van der Waals surface area contributed by atoms with E-state index in [2.05, 4.69) is 4.37 Å². The Bertz CT molecular complexity index is 650. The van der Waals surface area contributed by atoms with Crippen LogP contribution in [0.4, 0.5) is 5.00 Å². The number of aryl methyl sites for hydroxylation is 1. The minimum absolute atomic E-state index is 0.0588. The van der Waals surface area contributed by atoms with Gasteiger partial charge in [-0.15, -0.1) is 11.3 Å². The number of rotatable bonds is 3. The van der Waals surface area contributed by atoms with Gasteiger partial charge in [0.2, 0.25) is 0 Å². The highest BCUT2D eigenvalue weighted by Gasteiger charge is 2.25. The van der Waals surface area contributed by atoms with E-state index in [-0.39, 0.29) is 11.5 Å². The zero-order chi connectivity index (χ0) is 14.2. The molecule has 5 nitrogen and oxygen atoms in total. The fourth-order valence-electron chi connectivity index (χ4n) is 1.52. The molecular formula is C11H9ClN2O3S2. The molecule has 2 heterocycles. The van der Waals surface area contributed by atoms with Crippen molar-refractivity contribution in [1.29, 1.82) is 0 Å². The van der Waals surface area contributed by atoms with E-state index in [0.29, 0.717) is 19.9 Å². The molecule has 0 aliphatic rings. The number of carboxylic acid groups (broad SMARTS) is 1. The molecule has 0 spiro atoms. The zero-order valence-electron chi connectivity index (χ0n) is 10.0. The first kappa shape index (κ1) is 14.0. The molecule has 0 saturated carbocycles. The first-order chi connectivity index (χ1) is 8.91. The Morgan fingerprint density at radius 3 is 2.63 bits per heavy atom. The maximum absolute atomic E-state index is 12.2. The number of hydrogen-bond acceptors (Lipinski definition) is 5. The molecule has 2 rings (SSSR count). The number of nitrogens with zero attached hydrogens (tertiary/aromatic N) is 2. The van der Waals surface area contributed by atoms with Gasteiger partial charge in [0.1, 0.15) is 10.6 Å². The first-order valence-corrected chi connectivity index (χ1v) is 7.11. The minimum atomic E-state index is -1.09. The third kappa shape index (κ3) is 2.63. The molecule has 0 bridgehead atoms. The number of anilines is 1. The van der Waals surface area contributed by atoms with Gasteiger partial charge in [0, 0.05) is 7.05 Å². The normalized spacial score (nSPS) is 10.5. The highest BCUT2D eigenvalue weighted by atomic mass is 35.5. The number of aromatic carboxylic acids is 1. The Morgan fingerprint density at radius 1 is 1.42 bits per heavy atom. The Morgan fingerprint density at radius 2 is 2.11 bits per heavy atom.